The number of ether oxygens (including phenoxy) is 1. The van der Waals surface area contributed by atoms with Crippen molar-refractivity contribution < 1.29 is 9.53 Å². The highest BCUT2D eigenvalue weighted by molar-refractivity contribution is 7.99. The van der Waals surface area contributed by atoms with Crippen molar-refractivity contribution in [3.8, 4) is 5.75 Å². The second-order valence-electron chi connectivity index (χ2n) is 7.36. The van der Waals surface area contributed by atoms with Crippen LogP contribution in [-0.2, 0) is 6.54 Å². The third-order valence-corrected chi connectivity index (χ3v) is 6.82. The molecule has 4 rings (SSSR count). The quantitative estimate of drug-likeness (QED) is 0.607. The lowest BCUT2D eigenvalue weighted by molar-refractivity contribution is 0.103. The lowest BCUT2D eigenvalue weighted by Gasteiger charge is -2.33. The van der Waals surface area contributed by atoms with Crippen LogP contribution in [0.1, 0.15) is 21.6 Å². The van der Waals surface area contributed by atoms with Gasteiger partial charge in [0, 0.05) is 52.8 Å². The van der Waals surface area contributed by atoms with E-state index in [0.29, 0.717) is 11.6 Å². The molecular weight excluding hydrogens is 368 g/mol. The molecule has 2 aromatic carbocycles. The van der Waals surface area contributed by atoms with Crippen molar-refractivity contribution in [2.45, 2.75) is 19.5 Å². The van der Waals surface area contributed by atoms with Crippen molar-refractivity contribution in [1.82, 2.24) is 9.47 Å². The van der Waals surface area contributed by atoms with Crippen molar-refractivity contribution in [2.24, 2.45) is 0 Å². The summed E-state index contributed by atoms with van der Waals surface area (Å²) < 4.78 is 7.56. The number of hydrogen-bond donors (Lipinski definition) is 0. The molecule has 4 nitrogen and oxygen atoms in total. The zero-order valence-corrected chi connectivity index (χ0v) is 17.5. The Morgan fingerprint density at radius 1 is 1.18 bits per heavy atom. The summed E-state index contributed by atoms with van der Waals surface area (Å²) in [6.07, 6.45) is 0. The van der Waals surface area contributed by atoms with E-state index in [1.165, 1.54) is 5.75 Å². The zero-order valence-electron chi connectivity index (χ0n) is 16.6. The number of thioether (sulfide) groups is 1. The molecule has 1 unspecified atom stereocenters. The van der Waals surface area contributed by atoms with Gasteiger partial charge >= 0.3 is 0 Å². The maximum absolute atomic E-state index is 13.4. The standard InChI is InChI=1S/C23H26N2O2S/c1-16-22(23(26)17-8-10-19(27-3)11-9-17)20-6-4-5-7-21(20)25(16)14-18-15-28-13-12-24(18)2/h4-11,18H,12-15H2,1-3H3. The van der Waals surface area contributed by atoms with Crippen LogP contribution < -0.4 is 4.74 Å². The number of carbonyl (C=O) groups excluding carboxylic acids is 1. The molecule has 0 radical (unpaired) electrons. The molecule has 0 N–H and O–H groups in total. The van der Waals surface area contributed by atoms with E-state index in [2.05, 4.69) is 41.6 Å². The Kier molecular flexibility index (Phi) is 5.47. The molecule has 1 aliphatic rings. The first kappa shape index (κ1) is 19.1. The highest BCUT2D eigenvalue weighted by Gasteiger charge is 2.25. The van der Waals surface area contributed by atoms with Crippen molar-refractivity contribution in [3.63, 3.8) is 0 Å². The maximum Gasteiger partial charge on any atom is 0.195 e. The van der Waals surface area contributed by atoms with Crippen LogP contribution >= 0.6 is 11.8 Å². The van der Waals surface area contributed by atoms with Gasteiger partial charge in [-0.05, 0) is 44.3 Å². The summed E-state index contributed by atoms with van der Waals surface area (Å²) >= 11 is 2.02. The lowest BCUT2D eigenvalue weighted by atomic mass is 10.0. The molecule has 28 heavy (non-hydrogen) atoms. The highest BCUT2D eigenvalue weighted by Crippen LogP contribution is 2.30. The number of nitrogens with zero attached hydrogens (tertiary/aromatic N) is 2. The van der Waals surface area contributed by atoms with E-state index in [1.807, 2.05) is 42.1 Å². The van der Waals surface area contributed by atoms with Gasteiger partial charge in [-0.2, -0.15) is 11.8 Å². The van der Waals surface area contributed by atoms with E-state index in [1.54, 1.807) is 7.11 Å². The van der Waals surface area contributed by atoms with Crippen molar-refractivity contribution in [1.29, 1.82) is 0 Å². The molecule has 1 fully saturated rings. The van der Waals surface area contributed by atoms with Gasteiger partial charge < -0.3 is 9.30 Å². The summed E-state index contributed by atoms with van der Waals surface area (Å²) in [5.41, 5.74) is 3.69. The topological polar surface area (TPSA) is 34.5 Å². The average Bonchev–Trinajstić information content (AvgIpc) is 3.01. The number of hydrogen-bond acceptors (Lipinski definition) is 4. The first-order chi connectivity index (χ1) is 13.6. The van der Waals surface area contributed by atoms with Crippen molar-refractivity contribution in [2.75, 3.05) is 32.2 Å². The molecule has 0 amide bonds. The highest BCUT2D eigenvalue weighted by atomic mass is 32.2. The van der Waals surface area contributed by atoms with Gasteiger partial charge in [0.05, 0.1) is 12.7 Å². The van der Waals surface area contributed by atoms with E-state index in [0.717, 1.165) is 46.8 Å². The number of likely N-dealkylation sites (N-methyl/N-ethyl adjacent to an activating group) is 1. The molecule has 5 heteroatoms. The third kappa shape index (κ3) is 3.45. The zero-order chi connectivity index (χ0) is 19.7. The number of methoxy groups -OCH3 is 1. The number of ketones is 1. The van der Waals surface area contributed by atoms with E-state index in [9.17, 15) is 4.79 Å². The number of rotatable bonds is 5. The molecule has 0 bridgehead atoms. The summed E-state index contributed by atoms with van der Waals surface area (Å²) in [5.74, 6) is 3.15. The van der Waals surface area contributed by atoms with Crippen LogP contribution in [0.2, 0.25) is 0 Å². The van der Waals surface area contributed by atoms with Crippen LogP contribution in [0.4, 0.5) is 0 Å². The minimum absolute atomic E-state index is 0.0708. The molecule has 3 aromatic rings. The first-order valence-corrected chi connectivity index (χ1v) is 10.8. The van der Waals surface area contributed by atoms with Crippen LogP contribution in [-0.4, -0.2) is 53.5 Å². The van der Waals surface area contributed by atoms with Gasteiger partial charge in [0.15, 0.2) is 5.78 Å². The fourth-order valence-corrected chi connectivity index (χ4v) is 5.20. The smallest absolute Gasteiger partial charge is 0.195 e. The van der Waals surface area contributed by atoms with Gasteiger partial charge in [-0.15, -0.1) is 0 Å². The number of fused-ring (bicyclic) bond motifs is 1. The van der Waals surface area contributed by atoms with Crippen LogP contribution in [0, 0.1) is 6.92 Å². The minimum atomic E-state index is 0.0708. The first-order valence-electron chi connectivity index (χ1n) is 9.64. The molecule has 1 aromatic heterocycles. The SMILES string of the molecule is COc1ccc(C(=O)c2c(C)n(CC3CSCCN3C)c3ccccc23)cc1. The summed E-state index contributed by atoms with van der Waals surface area (Å²) in [6.45, 7) is 4.10. The second kappa shape index (κ2) is 8.02. The van der Waals surface area contributed by atoms with Gasteiger partial charge in [-0.25, -0.2) is 0 Å². The molecule has 0 saturated carbocycles. The Balaban J connectivity index is 1.76. The average molecular weight is 395 g/mol. The van der Waals surface area contributed by atoms with Crippen LogP contribution in [0.5, 0.6) is 5.75 Å². The molecule has 1 atom stereocenters. The van der Waals surface area contributed by atoms with Crippen LogP contribution in [0.3, 0.4) is 0 Å². The third-order valence-electron chi connectivity index (χ3n) is 5.73. The molecule has 1 aliphatic heterocycles. The largest absolute Gasteiger partial charge is 0.497 e. The van der Waals surface area contributed by atoms with Gasteiger partial charge in [0.2, 0.25) is 0 Å². The molecule has 0 aliphatic carbocycles. The van der Waals surface area contributed by atoms with Gasteiger partial charge in [0.25, 0.3) is 0 Å². The number of para-hydroxylation sites is 1. The summed E-state index contributed by atoms with van der Waals surface area (Å²) in [5, 5.41) is 1.03. The monoisotopic (exact) mass is 394 g/mol. The van der Waals surface area contributed by atoms with E-state index >= 15 is 0 Å². The Bertz CT molecular complexity index is 994. The second-order valence-corrected chi connectivity index (χ2v) is 8.50. The summed E-state index contributed by atoms with van der Waals surface area (Å²) in [4.78, 5) is 15.8. The van der Waals surface area contributed by atoms with Crippen LogP contribution in [0.15, 0.2) is 48.5 Å². The molecule has 2 heterocycles. The number of benzene rings is 2. The molecular formula is C23H26N2O2S. The summed E-state index contributed by atoms with van der Waals surface area (Å²) in [6, 6.07) is 16.1. The van der Waals surface area contributed by atoms with Gasteiger partial charge in [-0.3, -0.25) is 9.69 Å². The molecule has 0 spiro atoms. The van der Waals surface area contributed by atoms with E-state index in [4.69, 9.17) is 4.74 Å². The van der Waals surface area contributed by atoms with E-state index < -0.39 is 0 Å². The fourth-order valence-electron chi connectivity index (χ4n) is 3.98. The predicted octanol–water partition coefficient (Wildman–Crippen LogP) is 4.24. The van der Waals surface area contributed by atoms with E-state index in [-0.39, 0.29) is 5.78 Å². The van der Waals surface area contributed by atoms with Crippen LogP contribution in [0.25, 0.3) is 10.9 Å². The normalized spacial score (nSPS) is 17.8. The Morgan fingerprint density at radius 3 is 2.64 bits per heavy atom. The maximum atomic E-state index is 13.4. The fraction of sp³-hybridized carbons (Fsp3) is 0.348. The minimum Gasteiger partial charge on any atom is -0.497 e. The Labute approximate surface area is 170 Å². The Hall–Kier alpha value is -2.24. The lowest BCUT2D eigenvalue weighted by Crippen LogP contribution is -2.42. The molecule has 1 saturated heterocycles. The summed E-state index contributed by atoms with van der Waals surface area (Å²) in [7, 11) is 3.84. The number of aromatic nitrogens is 1. The van der Waals surface area contributed by atoms with Gasteiger partial charge in [0.1, 0.15) is 5.75 Å². The molecule has 146 valence electrons. The Morgan fingerprint density at radius 2 is 1.93 bits per heavy atom. The van der Waals surface area contributed by atoms with Crippen molar-refractivity contribution in [3.05, 3.63) is 65.4 Å². The number of carbonyl (C=O) groups is 1. The predicted molar refractivity (Wildman–Crippen MR) is 117 cm³/mol. The van der Waals surface area contributed by atoms with Gasteiger partial charge in [-0.1, -0.05) is 18.2 Å². The van der Waals surface area contributed by atoms with Crippen molar-refractivity contribution >= 4 is 28.4 Å².